The Morgan fingerprint density at radius 2 is 2.24 bits per heavy atom. The van der Waals surface area contributed by atoms with Crippen molar-refractivity contribution in [1.29, 1.82) is 0 Å². The van der Waals surface area contributed by atoms with E-state index in [1.165, 1.54) is 4.88 Å². The highest BCUT2D eigenvalue weighted by molar-refractivity contribution is 7.22. The van der Waals surface area contributed by atoms with Crippen molar-refractivity contribution in [3.63, 3.8) is 0 Å². The van der Waals surface area contributed by atoms with Gasteiger partial charge in [0.25, 0.3) is 0 Å². The first-order valence-corrected chi connectivity index (χ1v) is 7.99. The Balaban J connectivity index is 1.63. The van der Waals surface area contributed by atoms with Crippen molar-refractivity contribution in [3.05, 3.63) is 30.0 Å². The third-order valence-corrected chi connectivity index (χ3v) is 5.25. The molecule has 21 heavy (non-hydrogen) atoms. The molecule has 5 nitrogen and oxygen atoms in total. The summed E-state index contributed by atoms with van der Waals surface area (Å²) in [4.78, 5) is 10.3. The fourth-order valence-electron chi connectivity index (χ4n) is 2.50. The zero-order valence-electron chi connectivity index (χ0n) is 11.9. The Morgan fingerprint density at radius 1 is 1.38 bits per heavy atom. The lowest BCUT2D eigenvalue weighted by atomic mass is 10.1. The Morgan fingerprint density at radius 3 is 2.95 bits per heavy atom. The van der Waals surface area contributed by atoms with Crippen LogP contribution in [-0.4, -0.2) is 25.7 Å². The van der Waals surface area contributed by atoms with Gasteiger partial charge in [-0.2, -0.15) is 5.10 Å². The predicted octanol–water partition coefficient (Wildman–Crippen LogP) is 2.81. The molecule has 0 aliphatic heterocycles. The van der Waals surface area contributed by atoms with Gasteiger partial charge in [0.15, 0.2) is 0 Å². The Bertz CT molecular complexity index is 799. The van der Waals surface area contributed by atoms with Crippen molar-refractivity contribution >= 4 is 21.6 Å². The summed E-state index contributed by atoms with van der Waals surface area (Å²) in [7, 11) is 0. The molecule has 6 heteroatoms. The smallest absolute Gasteiger partial charge is 0.129 e. The highest BCUT2D eigenvalue weighted by atomic mass is 32.1. The van der Waals surface area contributed by atoms with Crippen LogP contribution in [-0.2, 0) is 6.42 Å². The van der Waals surface area contributed by atoms with Crippen LogP contribution in [0.3, 0.4) is 0 Å². The summed E-state index contributed by atoms with van der Waals surface area (Å²) >= 11 is 1.70. The molecule has 1 aliphatic rings. The van der Waals surface area contributed by atoms with Crippen molar-refractivity contribution in [1.82, 2.24) is 20.2 Å². The second-order valence-corrected chi connectivity index (χ2v) is 7.00. The third-order valence-electron chi connectivity index (χ3n) is 4.15. The second-order valence-electron chi connectivity index (χ2n) is 5.92. The fourth-order valence-corrected chi connectivity index (χ4v) is 3.54. The molecule has 1 saturated carbocycles. The molecule has 108 valence electrons. The molecular weight excluding hydrogens is 282 g/mol. The minimum Gasteiger partial charge on any atom is -0.325 e. The number of fused-ring (bicyclic) bond motifs is 1. The lowest BCUT2D eigenvalue weighted by Gasteiger charge is -2.06. The van der Waals surface area contributed by atoms with Gasteiger partial charge in [-0.15, -0.1) is 11.3 Å². The number of aryl methyl sites for hydroxylation is 2. The van der Waals surface area contributed by atoms with E-state index in [4.69, 9.17) is 5.73 Å². The molecule has 0 bridgehead atoms. The van der Waals surface area contributed by atoms with Crippen LogP contribution in [0.4, 0.5) is 0 Å². The van der Waals surface area contributed by atoms with Crippen LogP contribution in [0.5, 0.6) is 0 Å². The maximum atomic E-state index is 6.13. The molecule has 0 saturated heterocycles. The SMILES string of the molecule is Cc1[nH]ncc1-c1cc2nc(CCC3(N)CC3)ncc2s1. The maximum Gasteiger partial charge on any atom is 0.129 e. The quantitative estimate of drug-likeness (QED) is 0.776. The Hall–Kier alpha value is -1.79. The zero-order chi connectivity index (χ0) is 14.4. The van der Waals surface area contributed by atoms with Gasteiger partial charge < -0.3 is 5.73 Å². The number of thiophene rings is 1. The van der Waals surface area contributed by atoms with Gasteiger partial charge in [-0.05, 0) is 32.3 Å². The molecule has 0 amide bonds. The van der Waals surface area contributed by atoms with Gasteiger partial charge >= 0.3 is 0 Å². The molecule has 3 aromatic rings. The van der Waals surface area contributed by atoms with Crippen LogP contribution in [0.15, 0.2) is 18.5 Å². The third kappa shape index (κ3) is 2.45. The van der Waals surface area contributed by atoms with E-state index >= 15 is 0 Å². The van der Waals surface area contributed by atoms with Crippen LogP contribution < -0.4 is 5.73 Å². The number of hydrogen-bond donors (Lipinski definition) is 2. The van der Waals surface area contributed by atoms with E-state index in [1.54, 1.807) is 11.3 Å². The molecular formula is C15H17N5S. The van der Waals surface area contributed by atoms with Crippen molar-refractivity contribution < 1.29 is 0 Å². The first-order valence-electron chi connectivity index (χ1n) is 7.18. The monoisotopic (exact) mass is 299 g/mol. The molecule has 3 heterocycles. The average Bonchev–Trinajstić information content (AvgIpc) is 2.88. The fraction of sp³-hybridized carbons (Fsp3) is 0.400. The van der Waals surface area contributed by atoms with Crippen molar-refractivity contribution in [2.45, 2.75) is 38.1 Å². The number of aromatic amines is 1. The number of H-pyrrole nitrogens is 1. The van der Waals surface area contributed by atoms with E-state index in [9.17, 15) is 0 Å². The largest absolute Gasteiger partial charge is 0.325 e. The van der Waals surface area contributed by atoms with Gasteiger partial charge in [0, 0.05) is 34.3 Å². The van der Waals surface area contributed by atoms with Crippen molar-refractivity contribution in [3.8, 4) is 10.4 Å². The van der Waals surface area contributed by atoms with Crippen molar-refractivity contribution in [2.75, 3.05) is 0 Å². The topological polar surface area (TPSA) is 80.5 Å². The first-order chi connectivity index (χ1) is 10.1. The number of aromatic nitrogens is 4. The molecule has 0 spiro atoms. The lowest BCUT2D eigenvalue weighted by Crippen LogP contribution is -2.22. The number of nitrogens with one attached hydrogen (secondary N) is 1. The average molecular weight is 299 g/mol. The van der Waals surface area contributed by atoms with Gasteiger partial charge in [0.1, 0.15) is 5.82 Å². The van der Waals surface area contributed by atoms with E-state index in [2.05, 4.69) is 26.2 Å². The summed E-state index contributed by atoms with van der Waals surface area (Å²) in [6, 6.07) is 2.12. The Labute approximate surface area is 126 Å². The minimum absolute atomic E-state index is 0.0615. The molecule has 0 radical (unpaired) electrons. The molecule has 1 aliphatic carbocycles. The highest BCUT2D eigenvalue weighted by Gasteiger charge is 2.37. The van der Waals surface area contributed by atoms with Gasteiger partial charge in [0.2, 0.25) is 0 Å². The summed E-state index contributed by atoms with van der Waals surface area (Å²) in [6.45, 7) is 2.03. The zero-order valence-corrected chi connectivity index (χ0v) is 12.7. The summed E-state index contributed by atoms with van der Waals surface area (Å²) < 4.78 is 1.11. The summed E-state index contributed by atoms with van der Waals surface area (Å²) in [5.41, 5.74) is 9.42. The van der Waals surface area contributed by atoms with Gasteiger partial charge in [-0.3, -0.25) is 5.10 Å². The van der Waals surface area contributed by atoms with Crippen LogP contribution in [0.25, 0.3) is 20.7 Å². The number of nitrogens with two attached hydrogens (primary N) is 1. The molecule has 0 atom stereocenters. The first kappa shape index (κ1) is 12.9. The van der Waals surface area contributed by atoms with E-state index in [1.807, 2.05) is 19.3 Å². The normalized spacial score (nSPS) is 16.5. The van der Waals surface area contributed by atoms with E-state index in [0.717, 1.165) is 53.0 Å². The predicted molar refractivity (Wildman–Crippen MR) is 84.2 cm³/mol. The Kier molecular flexibility index (Phi) is 2.83. The molecule has 3 aromatic heterocycles. The summed E-state index contributed by atoms with van der Waals surface area (Å²) in [5, 5.41) is 7.05. The van der Waals surface area contributed by atoms with Gasteiger partial charge in [-0.25, -0.2) is 9.97 Å². The number of rotatable bonds is 4. The van der Waals surface area contributed by atoms with Crippen molar-refractivity contribution in [2.24, 2.45) is 5.73 Å². The van der Waals surface area contributed by atoms with E-state index in [-0.39, 0.29) is 5.54 Å². The minimum atomic E-state index is 0.0615. The molecule has 4 rings (SSSR count). The van der Waals surface area contributed by atoms with Crippen LogP contribution in [0.1, 0.15) is 30.8 Å². The number of nitrogens with zero attached hydrogens (tertiary/aromatic N) is 3. The molecule has 1 fully saturated rings. The van der Waals surface area contributed by atoms with E-state index < -0.39 is 0 Å². The standard InChI is InChI=1S/C15H17N5S/c1-9-10(7-18-20-9)12-6-11-13(21-12)8-17-14(19-11)2-3-15(16)4-5-15/h6-8H,2-5,16H2,1H3,(H,18,20). The van der Waals surface area contributed by atoms with E-state index in [0.29, 0.717) is 0 Å². The van der Waals surface area contributed by atoms with Crippen LogP contribution in [0.2, 0.25) is 0 Å². The number of hydrogen-bond acceptors (Lipinski definition) is 5. The summed E-state index contributed by atoms with van der Waals surface area (Å²) in [6.07, 6.45) is 7.91. The molecule has 0 unspecified atom stereocenters. The van der Waals surface area contributed by atoms with Crippen LogP contribution >= 0.6 is 11.3 Å². The summed E-state index contributed by atoms with van der Waals surface area (Å²) in [5.74, 6) is 0.896. The molecule has 3 N–H and O–H groups in total. The van der Waals surface area contributed by atoms with Crippen LogP contribution in [0, 0.1) is 6.92 Å². The lowest BCUT2D eigenvalue weighted by molar-refractivity contribution is 0.597. The van der Waals surface area contributed by atoms with Gasteiger partial charge in [-0.1, -0.05) is 0 Å². The second kappa shape index (κ2) is 4.61. The molecule has 0 aromatic carbocycles. The highest BCUT2D eigenvalue weighted by Crippen LogP contribution is 2.37. The van der Waals surface area contributed by atoms with Gasteiger partial charge in [0.05, 0.1) is 16.4 Å². The maximum absolute atomic E-state index is 6.13.